The molecule has 3 N–H and O–H groups in total. The Morgan fingerprint density at radius 3 is 0.738 bits per heavy atom. The molecule has 0 saturated carbocycles. The van der Waals surface area contributed by atoms with Crippen molar-refractivity contribution >= 4 is 39.5 Å². The van der Waals surface area contributed by atoms with Crippen LogP contribution in [0.25, 0.3) is 0 Å². The van der Waals surface area contributed by atoms with Crippen molar-refractivity contribution in [2.24, 2.45) is 0 Å². The van der Waals surface area contributed by atoms with Crippen molar-refractivity contribution in [3.63, 3.8) is 0 Å². The number of hydrogen-bond donors (Lipinski definition) is 3. The van der Waals surface area contributed by atoms with E-state index < -0.39 is 97.5 Å². The molecule has 0 aromatic rings. The molecule has 0 bridgehead atoms. The molecule has 0 radical (unpaired) electrons. The number of carbonyl (C=O) groups is 4. The van der Waals surface area contributed by atoms with E-state index in [-0.39, 0.29) is 25.7 Å². The van der Waals surface area contributed by atoms with Gasteiger partial charge in [-0.2, -0.15) is 0 Å². The number of ether oxygens (including phenoxy) is 4. The monoisotopic (exact) mass is 1180 g/mol. The molecule has 0 aromatic carbocycles. The van der Waals surface area contributed by atoms with E-state index in [1.54, 1.807) is 0 Å². The lowest BCUT2D eigenvalue weighted by atomic mass is 10.0. The lowest BCUT2D eigenvalue weighted by Crippen LogP contribution is -2.30. The molecular formula is C61H118O17P2. The standard InChI is InChI=1S/C61H118O17P2/c1-5-9-13-17-20-23-26-27-28-29-30-33-36-40-44-48-61(66)78-57(52-72-59(64)46-42-38-34-31-24-21-18-14-10-6-2)54-76-80(69,70)74-50-55(62)49-73-79(67,68)75-53-56(51-71-58(63)45-41-37-16-12-8-4)77-60(65)47-43-39-35-32-25-22-19-15-11-7-3/h55-57,62H,5-54H2,1-4H3,(H,67,68)(H,69,70)/t55-,56+,57+/m0/s1. The molecule has 19 heteroatoms. The minimum absolute atomic E-state index is 0.106. The van der Waals surface area contributed by atoms with Crippen LogP contribution in [0.5, 0.6) is 0 Å². The molecule has 0 aliphatic carbocycles. The van der Waals surface area contributed by atoms with Crippen molar-refractivity contribution in [2.75, 3.05) is 39.6 Å². The number of phosphoric acid groups is 2. The summed E-state index contributed by atoms with van der Waals surface area (Å²) in [5, 5.41) is 10.5. The van der Waals surface area contributed by atoms with Crippen LogP contribution in [0.4, 0.5) is 0 Å². The minimum atomic E-state index is -4.94. The molecule has 0 heterocycles. The van der Waals surface area contributed by atoms with Gasteiger partial charge < -0.3 is 33.8 Å². The van der Waals surface area contributed by atoms with E-state index in [0.29, 0.717) is 25.7 Å². The molecule has 2 unspecified atom stereocenters. The summed E-state index contributed by atoms with van der Waals surface area (Å²) < 4.78 is 67.7. The van der Waals surface area contributed by atoms with Crippen molar-refractivity contribution in [1.82, 2.24) is 0 Å². The number of aliphatic hydroxyl groups excluding tert-OH is 1. The summed E-state index contributed by atoms with van der Waals surface area (Å²) in [7, 11) is -9.87. The van der Waals surface area contributed by atoms with Gasteiger partial charge in [0.25, 0.3) is 0 Å². The lowest BCUT2D eigenvalue weighted by molar-refractivity contribution is -0.161. The van der Waals surface area contributed by atoms with Gasteiger partial charge in [-0.15, -0.1) is 0 Å². The second-order valence-electron chi connectivity index (χ2n) is 22.1. The number of esters is 4. The highest BCUT2D eigenvalue weighted by Crippen LogP contribution is 2.45. The summed E-state index contributed by atoms with van der Waals surface area (Å²) in [6.45, 7) is 4.78. The fourth-order valence-electron chi connectivity index (χ4n) is 9.10. The van der Waals surface area contributed by atoms with E-state index in [1.165, 1.54) is 135 Å². The van der Waals surface area contributed by atoms with Gasteiger partial charge in [0.2, 0.25) is 0 Å². The number of hydrogen-bond acceptors (Lipinski definition) is 15. The van der Waals surface area contributed by atoms with Crippen LogP contribution in [0.1, 0.15) is 310 Å². The first kappa shape index (κ1) is 78.1. The second-order valence-corrected chi connectivity index (χ2v) is 25.0. The summed E-state index contributed by atoms with van der Waals surface area (Å²) in [5.41, 5.74) is 0. The van der Waals surface area contributed by atoms with Crippen molar-refractivity contribution < 1.29 is 80.2 Å². The van der Waals surface area contributed by atoms with Crippen LogP contribution in [0, 0.1) is 0 Å². The molecule has 0 aromatic heterocycles. The van der Waals surface area contributed by atoms with Crippen LogP contribution in [-0.4, -0.2) is 96.7 Å². The van der Waals surface area contributed by atoms with E-state index in [0.717, 1.165) is 96.3 Å². The Labute approximate surface area is 486 Å². The Morgan fingerprint density at radius 1 is 0.300 bits per heavy atom. The zero-order valence-electron chi connectivity index (χ0n) is 51.0. The Hall–Kier alpha value is -1.94. The van der Waals surface area contributed by atoms with E-state index in [4.69, 9.17) is 37.0 Å². The second kappa shape index (κ2) is 56.2. The number of unbranched alkanes of at least 4 members (excludes halogenated alkanes) is 36. The predicted molar refractivity (Wildman–Crippen MR) is 317 cm³/mol. The molecule has 0 aliphatic rings. The topological polar surface area (TPSA) is 237 Å². The average molecular weight is 1190 g/mol. The van der Waals surface area contributed by atoms with E-state index in [9.17, 15) is 43.2 Å². The molecule has 0 rings (SSSR count). The highest BCUT2D eigenvalue weighted by atomic mass is 31.2. The molecule has 5 atom stereocenters. The quantitative estimate of drug-likeness (QED) is 0.0222. The summed E-state index contributed by atoms with van der Waals surface area (Å²) in [6.07, 6.45) is 40.6. The number of carbonyl (C=O) groups excluding carboxylic acids is 4. The largest absolute Gasteiger partial charge is 0.472 e. The van der Waals surface area contributed by atoms with Gasteiger partial charge >= 0.3 is 39.5 Å². The van der Waals surface area contributed by atoms with Gasteiger partial charge in [0, 0.05) is 25.7 Å². The van der Waals surface area contributed by atoms with Gasteiger partial charge in [-0.1, -0.05) is 259 Å². The maximum atomic E-state index is 12.9. The van der Waals surface area contributed by atoms with Crippen LogP contribution < -0.4 is 0 Å². The highest BCUT2D eigenvalue weighted by molar-refractivity contribution is 7.47. The summed E-state index contributed by atoms with van der Waals surface area (Å²) in [5.74, 6) is -2.15. The van der Waals surface area contributed by atoms with Gasteiger partial charge in [-0.3, -0.25) is 37.3 Å². The van der Waals surface area contributed by atoms with Crippen LogP contribution in [0.3, 0.4) is 0 Å². The number of rotatable bonds is 62. The zero-order chi connectivity index (χ0) is 59.1. The van der Waals surface area contributed by atoms with Crippen molar-refractivity contribution in [1.29, 1.82) is 0 Å². The first-order valence-electron chi connectivity index (χ1n) is 32.3. The maximum absolute atomic E-state index is 12.9. The van der Waals surface area contributed by atoms with Gasteiger partial charge in [0.05, 0.1) is 26.4 Å². The predicted octanol–water partition coefficient (Wildman–Crippen LogP) is 16.8. The Kier molecular flexibility index (Phi) is 54.8. The third-order valence-electron chi connectivity index (χ3n) is 14.1. The fourth-order valence-corrected chi connectivity index (χ4v) is 10.7. The molecule has 474 valence electrons. The highest BCUT2D eigenvalue weighted by Gasteiger charge is 2.30. The SMILES string of the molecule is CCCCCCCCCCCCCCCCCC(=O)O[C@H](COC(=O)CCCCCCCCCCCC)COP(=O)(O)OC[C@@H](O)COP(=O)(O)OC[C@@H](COC(=O)CCCCCCC)OC(=O)CCCCCCCCCCCC. The molecule has 80 heavy (non-hydrogen) atoms. The molecule has 17 nitrogen and oxygen atoms in total. The van der Waals surface area contributed by atoms with Crippen molar-refractivity contribution in [3.8, 4) is 0 Å². The van der Waals surface area contributed by atoms with Crippen LogP contribution in [-0.2, 0) is 65.4 Å². The number of aliphatic hydroxyl groups is 1. The Bertz CT molecular complexity index is 1550. The molecule has 0 saturated heterocycles. The van der Waals surface area contributed by atoms with Crippen LogP contribution in [0.15, 0.2) is 0 Å². The summed E-state index contributed by atoms with van der Waals surface area (Å²) in [4.78, 5) is 71.8. The smallest absolute Gasteiger partial charge is 0.462 e. The molecule has 0 amide bonds. The number of phosphoric ester groups is 2. The molecular weight excluding hydrogens is 1070 g/mol. The van der Waals surface area contributed by atoms with E-state index in [1.807, 2.05) is 0 Å². The lowest BCUT2D eigenvalue weighted by Gasteiger charge is -2.21. The van der Waals surface area contributed by atoms with Crippen LogP contribution >= 0.6 is 15.6 Å². The van der Waals surface area contributed by atoms with E-state index in [2.05, 4.69) is 27.7 Å². The zero-order valence-corrected chi connectivity index (χ0v) is 52.8. The third kappa shape index (κ3) is 55.3. The summed E-state index contributed by atoms with van der Waals surface area (Å²) in [6, 6.07) is 0. The molecule has 0 fully saturated rings. The van der Waals surface area contributed by atoms with Gasteiger partial charge in [-0.25, -0.2) is 9.13 Å². The van der Waals surface area contributed by atoms with Gasteiger partial charge in [0.15, 0.2) is 12.2 Å². The average Bonchev–Trinajstić information content (AvgIpc) is 3.43. The van der Waals surface area contributed by atoms with Gasteiger partial charge in [0.1, 0.15) is 19.3 Å². The van der Waals surface area contributed by atoms with Gasteiger partial charge in [-0.05, 0) is 25.7 Å². The Balaban J connectivity index is 5.16. The Morgan fingerprint density at radius 2 is 0.500 bits per heavy atom. The third-order valence-corrected chi connectivity index (χ3v) is 16.0. The minimum Gasteiger partial charge on any atom is -0.462 e. The molecule has 0 aliphatic heterocycles. The van der Waals surface area contributed by atoms with Crippen molar-refractivity contribution in [3.05, 3.63) is 0 Å². The first-order chi connectivity index (χ1) is 38.7. The maximum Gasteiger partial charge on any atom is 0.472 e. The normalized spacial score (nSPS) is 14.2. The molecule has 0 spiro atoms. The fraction of sp³-hybridized carbons (Fsp3) is 0.934. The van der Waals surface area contributed by atoms with Crippen LogP contribution in [0.2, 0.25) is 0 Å². The van der Waals surface area contributed by atoms with Crippen molar-refractivity contribution in [2.45, 2.75) is 329 Å². The van der Waals surface area contributed by atoms with E-state index >= 15 is 0 Å². The first-order valence-corrected chi connectivity index (χ1v) is 35.3. The summed E-state index contributed by atoms with van der Waals surface area (Å²) >= 11 is 0.